The molecule has 0 spiro atoms. The van der Waals surface area contributed by atoms with E-state index >= 15 is 0 Å². The second kappa shape index (κ2) is 7.90. The lowest BCUT2D eigenvalue weighted by Gasteiger charge is -2.38. The molecular formula is C25H27NO4. The summed E-state index contributed by atoms with van der Waals surface area (Å²) in [6.07, 6.45) is 0.0413. The lowest BCUT2D eigenvalue weighted by atomic mass is 9.89. The average Bonchev–Trinajstić information content (AvgIpc) is 2.72. The van der Waals surface area contributed by atoms with Gasteiger partial charge in [-0.25, -0.2) is 0 Å². The maximum Gasteiger partial charge on any atom is 0.261 e. The molecule has 3 aromatic rings. The van der Waals surface area contributed by atoms with Gasteiger partial charge in [0.15, 0.2) is 6.10 Å². The number of rotatable bonds is 5. The minimum absolute atomic E-state index is 0.160. The Balaban J connectivity index is 1.49. The van der Waals surface area contributed by atoms with Gasteiger partial charge in [0.05, 0.1) is 13.2 Å². The molecule has 0 radical (unpaired) electrons. The molecule has 0 saturated heterocycles. The molecule has 1 aliphatic heterocycles. The average molecular weight is 405 g/mol. The van der Waals surface area contributed by atoms with Gasteiger partial charge in [0.2, 0.25) is 0 Å². The summed E-state index contributed by atoms with van der Waals surface area (Å²) in [5.74, 6) is 1.98. The van der Waals surface area contributed by atoms with Gasteiger partial charge < -0.3 is 19.5 Å². The Hall–Kier alpha value is -3.21. The predicted molar refractivity (Wildman–Crippen MR) is 117 cm³/mol. The van der Waals surface area contributed by atoms with E-state index < -0.39 is 11.7 Å². The summed E-state index contributed by atoms with van der Waals surface area (Å²) in [6.45, 7) is 5.80. The molecule has 5 heteroatoms. The third-order valence-corrected chi connectivity index (χ3v) is 5.40. The van der Waals surface area contributed by atoms with Crippen LogP contribution in [0.1, 0.15) is 38.8 Å². The molecule has 2 atom stereocenters. The van der Waals surface area contributed by atoms with Crippen molar-refractivity contribution in [2.75, 3.05) is 7.11 Å². The van der Waals surface area contributed by atoms with Crippen LogP contribution in [0.25, 0.3) is 10.8 Å². The van der Waals surface area contributed by atoms with Crippen molar-refractivity contribution in [1.29, 1.82) is 0 Å². The monoisotopic (exact) mass is 405 g/mol. The van der Waals surface area contributed by atoms with Crippen molar-refractivity contribution in [3.05, 3.63) is 66.2 Å². The maximum atomic E-state index is 12.9. The number of benzene rings is 3. The molecule has 3 aromatic carbocycles. The Bertz CT molecular complexity index is 1080. The third-order valence-electron chi connectivity index (χ3n) is 5.40. The molecule has 1 heterocycles. The van der Waals surface area contributed by atoms with Crippen LogP contribution in [0.5, 0.6) is 17.2 Å². The first-order chi connectivity index (χ1) is 14.3. The van der Waals surface area contributed by atoms with Crippen LogP contribution >= 0.6 is 0 Å². The van der Waals surface area contributed by atoms with Crippen LogP contribution in [0.3, 0.4) is 0 Å². The van der Waals surface area contributed by atoms with E-state index in [2.05, 4.69) is 11.4 Å². The highest BCUT2D eigenvalue weighted by atomic mass is 16.5. The molecule has 0 aliphatic carbocycles. The molecule has 156 valence electrons. The van der Waals surface area contributed by atoms with Crippen molar-refractivity contribution in [3.63, 3.8) is 0 Å². The molecular weight excluding hydrogens is 378 g/mol. The fourth-order valence-electron chi connectivity index (χ4n) is 3.88. The van der Waals surface area contributed by atoms with E-state index in [9.17, 15) is 4.79 Å². The topological polar surface area (TPSA) is 56.8 Å². The molecule has 30 heavy (non-hydrogen) atoms. The molecule has 1 N–H and O–H groups in total. The number of hydrogen-bond acceptors (Lipinski definition) is 4. The number of fused-ring (bicyclic) bond motifs is 2. The lowest BCUT2D eigenvalue weighted by Crippen LogP contribution is -2.44. The number of hydrogen-bond donors (Lipinski definition) is 1. The minimum atomic E-state index is -0.626. The van der Waals surface area contributed by atoms with Crippen molar-refractivity contribution in [2.45, 2.75) is 44.9 Å². The third kappa shape index (κ3) is 4.20. The zero-order valence-corrected chi connectivity index (χ0v) is 17.8. The highest BCUT2D eigenvalue weighted by Gasteiger charge is 2.35. The van der Waals surface area contributed by atoms with Gasteiger partial charge in [-0.1, -0.05) is 30.3 Å². The number of amides is 1. The first kappa shape index (κ1) is 20.1. The highest BCUT2D eigenvalue weighted by molar-refractivity contribution is 5.84. The van der Waals surface area contributed by atoms with E-state index in [1.54, 1.807) is 14.0 Å². The Morgan fingerprint density at radius 2 is 1.80 bits per heavy atom. The van der Waals surface area contributed by atoms with Gasteiger partial charge in [0, 0.05) is 18.1 Å². The Morgan fingerprint density at radius 3 is 2.57 bits per heavy atom. The second-order valence-corrected chi connectivity index (χ2v) is 8.30. The van der Waals surface area contributed by atoms with Crippen LogP contribution in [-0.2, 0) is 4.79 Å². The summed E-state index contributed by atoms with van der Waals surface area (Å²) in [7, 11) is 1.63. The van der Waals surface area contributed by atoms with Crippen molar-refractivity contribution in [1.82, 2.24) is 5.32 Å². The molecule has 0 saturated carbocycles. The largest absolute Gasteiger partial charge is 0.497 e. The Kier molecular flexibility index (Phi) is 5.29. The SMILES string of the molecule is COc1ccc2c(c1)OC(C)(C)C[C@@H]2NC(=O)[C@H](C)Oc1ccc2ccccc2c1. The van der Waals surface area contributed by atoms with E-state index in [4.69, 9.17) is 14.2 Å². The Morgan fingerprint density at radius 1 is 1.07 bits per heavy atom. The normalized spacial score (nSPS) is 18.1. The number of nitrogens with one attached hydrogen (secondary N) is 1. The van der Waals surface area contributed by atoms with Crippen LogP contribution in [0, 0.1) is 0 Å². The molecule has 0 aromatic heterocycles. The summed E-state index contributed by atoms with van der Waals surface area (Å²) in [5.41, 5.74) is 0.543. The molecule has 0 fully saturated rings. The van der Waals surface area contributed by atoms with Gasteiger partial charge in [-0.2, -0.15) is 0 Å². The van der Waals surface area contributed by atoms with Crippen LogP contribution in [-0.4, -0.2) is 24.7 Å². The lowest BCUT2D eigenvalue weighted by molar-refractivity contribution is -0.128. The quantitative estimate of drug-likeness (QED) is 0.647. The zero-order chi connectivity index (χ0) is 21.3. The maximum absolute atomic E-state index is 12.9. The van der Waals surface area contributed by atoms with Crippen molar-refractivity contribution in [3.8, 4) is 17.2 Å². The van der Waals surface area contributed by atoms with E-state index in [0.29, 0.717) is 12.2 Å². The number of carbonyl (C=O) groups is 1. The molecule has 0 bridgehead atoms. The smallest absolute Gasteiger partial charge is 0.261 e. The van der Waals surface area contributed by atoms with Crippen LogP contribution in [0.15, 0.2) is 60.7 Å². The standard InChI is InChI=1S/C25H27NO4/c1-16(29-20-10-9-17-7-5-6-8-18(17)13-20)24(27)26-22-15-25(2,3)30-23-14-19(28-4)11-12-21(22)23/h5-14,16,22H,15H2,1-4H3,(H,26,27)/t16-,22-/m0/s1. The van der Waals surface area contributed by atoms with Gasteiger partial charge in [0.1, 0.15) is 22.8 Å². The summed E-state index contributed by atoms with van der Waals surface area (Å²) >= 11 is 0. The molecule has 1 amide bonds. The second-order valence-electron chi connectivity index (χ2n) is 8.30. The van der Waals surface area contributed by atoms with E-state index in [1.807, 2.05) is 68.4 Å². The molecule has 0 unspecified atom stereocenters. The van der Waals surface area contributed by atoms with Crippen LogP contribution in [0.4, 0.5) is 0 Å². The van der Waals surface area contributed by atoms with Crippen molar-refractivity contribution >= 4 is 16.7 Å². The van der Waals surface area contributed by atoms with Gasteiger partial charge in [-0.3, -0.25) is 4.79 Å². The molecule has 5 nitrogen and oxygen atoms in total. The zero-order valence-electron chi connectivity index (χ0n) is 17.8. The number of methoxy groups -OCH3 is 1. The number of carbonyl (C=O) groups excluding carboxylic acids is 1. The molecule has 1 aliphatic rings. The first-order valence-corrected chi connectivity index (χ1v) is 10.2. The minimum Gasteiger partial charge on any atom is -0.497 e. The molecule has 4 rings (SSSR count). The van der Waals surface area contributed by atoms with E-state index in [-0.39, 0.29) is 11.9 Å². The first-order valence-electron chi connectivity index (χ1n) is 10.2. The van der Waals surface area contributed by atoms with Crippen LogP contribution in [0.2, 0.25) is 0 Å². The van der Waals surface area contributed by atoms with E-state index in [1.165, 1.54) is 0 Å². The Labute approximate surface area is 177 Å². The van der Waals surface area contributed by atoms with Crippen LogP contribution < -0.4 is 19.5 Å². The van der Waals surface area contributed by atoms with Crippen molar-refractivity contribution in [2.24, 2.45) is 0 Å². The van der Waals surface area contributed by atoms with Gasteiger partial charge in [-0.15, -0.1) is 0 Å². The van der Waals surface area contributed by atoms with Gasteiger partial charge >= 0.3 is 0 Å². The van der Waals surface area contributed by atoms with E-state index in [0.717, 1.165) is 27.8 Å². The highest BCUT2D eigenvalue weighted by Crippen LogP contribution is 2.41. The summed E-state index contributed by atoms with van der Waals surface area (Å²) in [5, 5.41) is 5.36. The van der Waals surface area contributed by atoms with Crippen molar-refractivity contribution < 1.29 is 19.0 Å². The fourth-order valence-corrected chi connectivity index (χ4v) is 3.88. The summed E-state index contributed by atoms with van der Waals surface area (Å²) < 4.78 is 17.4. The predicted octanol–water partition coefficient (Wildman–Crippen LogP) is 5.03. The van der Waals surface area contributed by atoms with Gasteiger partial charge in [0.25, 0.3) is 5.91 Å². The van der Waals surface area contributed by atoms with Gasteiger partial charge in [-0.05, 0) is 55.8 Å². The number of ether oxygens (including phenoxy) is 3. The fraction of sp³-hybridized carbons (Fsp3) is 0.320. The summed E-state index contributed by atoms with van der Waals surface area (Å²) in [4.78, 5) is 12.9. The summed E-state index contributed by atoms with van der Waals surface area (Å²) in [6, 6.07) is 19.5.